The van der Waals surface area contributed by atoms with Gasteiger partial charge in [0.25, 0.3) is 5.56 Å². The van der Waals surface area contributed by atoms with Gasteiger partial charge in [-0.25, -0.2) is 9.78 Å². The quantitative estimate of drug-likeness (QED) is 0.659. The first-order valence-electron chi connectivity index (χ1n) is 8.15. The Bertz CT molecular complexity index is 1060. The second-order valence-corrected chi connectivity index (χ2v) is 6.79. The van der Waals surface area contributed by atoms with Crippen LogP contribution in [0.3, 0.4) is 0 Å². The lowest BCUT2D eigenvalue weighted by atomic mass is 10.2. The average Bonchev–Trinajstić information content (AvgIpc) is 3.29. The lowest BCUT2D eigenvalue weighted by molar-refractivity contribution is -0.117. The van der Waals surface area contributed by atoms with Crippen molar-refractivity contribution in [3.8, 4) is 0 Å². The van der Waals surface area contributed by atoms with Crippen molar-refractivity contribution in [1.29, 1.82) is 0 Å². The number of rotatable bonds is 4. The number of aromatic nitrogens is 2. The Hall–Kier alpha value is -3.00. The third kappa shape index (κ3) is 3.11. The first-order valence-corrected chi connectivity index (χ1v) is 9.03. The van der Waals surface area contributed by atoms with Crippen molar-refractivity contribution in [3.05, 3.63) is 63.5 Å². The zero-order valence-electron chi connectivity index (χ0n) is 13.8. The molecule has 0 saturated carbocycles. The summed E-state index contributed by atoms with van der Waals surface area (Å²) in [6.45, 7) is 0.571. The minimum atomic E-state index is -0.522. The molecule has 7 nitrogen and oxygen atoms in total. The topological polar surface area (TPSA) is 81.0 Å². The van der Waals surface area contributed by atoms with Gasteiger partial charge in [0.15, 0.2) is 4.96 Å². The van der Waals surface area contributed by atoms with Gasteiger partial charge in [-0.1, -0.05) is 6.07 Å². The molecule has 3 aromatic rings. The number of ether oxygens (including phenoxy) is 1. The van der Waals surface area contributed by atoms with E-state index in [1.54, 1.807) is 40.7 Å². The fourth-order valence-electron chi connectivity index (χ4n) is 2.91. The van der Waals surface area contributed by atoms with Gasteiger partial charge in [-0.2, -0.15) is 0 Å². The summed E-state index contributed by atoms with van der Waals surface area (Å²) < 4.78 is 6.73. The highest BCUT2D eigenvalue weighted by molar-refractivity contribution is 7.15. The fraction of sp³-hybridized carbons (Fsp3) is 0.222. The molecule has 1 amide bonds. The predicted octanol–water partition coefficient (Wildman–Crippen LogP) is 2.24. The molecular formula is C18H15N3O4S. The molecule has 1 aliphatic rings. The molecule has 0 bridgehead atoms. The second-order valence-electron chi connectivity index (χ2n) is 5.92. The van der Waals surface area contributed by atoms with Gasteiger partial charge in [-0.3, -0.25) is 14.0 Å². The Balaban J connectivity index is 1.49. The summed E-state index contributed by atoms with van der Waals surface area (Å²) >= 11 is 1.34. The minimum absolute atomic E-state index is 0.0597. The maximum atomic E-state index is 12.3. The number of anilines is 1. The Labute approximate surface area is 152 Å². The molecule has 26 heavy (non-hydrogen) atoms. The molecule has 1 saturated heterocycles. The van der Waals surface area contributed by atoms with Gasteiger partial charge in [0.1, 0.15) is 6.61 Å². The van der Waals surface area contributed by atoms with Crippen molar-refractivity contribution in [2.45, 2.75) is 19.4 Å². The monoisotopic (exact) mass is 369 g/mol. The van der Waals surface area contributed by atoms with E-state index < -0.39 is 5.97 Å². The lowest BCUT2D eigenvalue weighted by Crippen LogP contribution is -2.23. The number of fused-ring (bicyclic) bond motifs is 1. The number of carbonyl (C=O) groups is 2. The summed E-state index contributed by atoms with van der Waals surface area (Å²) in [6, 6.07) is 8.16. The van der Waals surface area contributed by atoms with Crippen molar-refractivity contribution in [2.75, 3.05) is 11.4 Å². The summed E-state index contributed by atoms with van der Waals surface area (Å²) in [5, 5.41) is 1.77. The van der Waals surface area contributed by atoms with Gasteiger partial charge < -0.3 is 9.64 Å². The third-order valence-corrected chi connectivity index (χ3v) is 4.93. The number of hydrogen-bond acceptors (Lipinski definition) is 6. The van der Waals surface area contributed by atoms with Crippen molar-refractivity contribution in [1.82, 2.24) is 9.38 Å². The number of benzene rings is 1. The van der Waals surface area contributed by atoms with Crippen LogP contribution >= 0.6 is 11.3 Å². The van der Waals surface area contributed by atoms with E-state index in [1.807, 2.05) is 0 Å². The van der Waals surface area contributed by atoms with E-state index in [0.717, 1.165) is 6.42 Å². The molecule has 132 valence electrons. The summed E-state index contributed by atoms with van der Waals surface area (Å²) in [5.41, 5.74) is 1.24. The third-order valence-electron chi connectivity index (χ3n) is 4.17. The molecule has 8 heteroatoms. The van der Waals surface area contributed by atoms with Crippen LogP contribution in [0.5, 0.6) is 0 Å². The van der Waals surface area contributed by atoms with Crippen LogP contribution < -0.4 is 10.5 Å². The predicted molar refractivity (Wildman–Crippen MR) is 96.5 cm³/mol. The van der Waals surface area contributed by atoms with Crippen LogP contribution in [0.15, 0.2) is 46.7 Å². The Morgan fingerprint density at radius 1 is 1.27 bits per heavy atom. The number of carbonyl (C=O) groups excluding carboxylic acids is 2. The Kier molecular flexibility index (Phi) is 4.26. The second kappa shape index (κ2) is 6.72. The summed E-state index contributed by atoms with van der Waals surface area (Å²) in [4.78, 5) is 42.7. The van der Waals surface area contributed by atoms with Crippen molar-refractivity contribution in [3.63, 3.8) is 0 Å². The van der Waals surface area contributed by atoms with Crippen molar-refractivity contribution >= 4 is 33.9 Å². The molecule has 1 fully saturated rings. The molecular weight excluding hydrogens is 354 g/mol. The smallest absolute Gasteiger partial charge is 0.338 e. The Morgan fingerprint density at radius 3 is 2.96 bits per heavy atom. The normalized spacial score (nSPS) is 14.2. The lowest BCUT2D eigenvalue weighted by Gasteiger charge is -2.16. The van der Waals surface area contributed by atoms with Gasteiger partial charge in [-0.15, -0.1) is 11.3 Å². The molecule has 0 atom stereocenters. The van der Waals surface area contributed by atoms with Crippen LogP contribution in [0, 0.1) is 0 Å². The first-order chi connectivity index (χ1) is 12.6. The molecule has 3 heterocycles. The Morgan fingerprint density at radius 2 is 2.15 bits per heavy atom. The standard InChI is InChI=1S/C18H15N3O4S/c22-15-5-2-6-20(15)14-4-1-3-12(9-14)17(24)25-11-13-10-16(23)21-7-8-26-18(21)19-13/h1,3-4,7-10H,2,5-6,11H2. The maximum absolute atomic E-state index is 12.3. The van der Waals surface area contributed by atoms with Crippen LogP contribution in [0.4, 0.5) is 5.69 Å². The largest absolute Gasteiger partial charge is 0.456 e. The zero-order valence-corrected chi connectivity index (χ0v) is 14.6. The van der Waals surface area contributed by atoms with E-state index in [2.05, 4.69) is 4.98 Å². The minimum Gasteiger partial charge on any atom is -0.456 e. The number of amides is 1. The van der Waals surface area contributed by atoms with E-state index in [0.29, 0.717) is 34.9 Å². The average molecular weight is 369 g/mol. The summed E-state index contributed by atoms with van der Waals surface area (Å²) in [7, 11) is 0. The molecule has 0 radical (unpaired) electrons. The highest BCUT2D eigenvalue weighted by atomic mass is 32.1. The molecule has 0 N–H and O–H groups in total. The van der Waals surface area contributed by atoms with Crippen LogP contribution in [0.2, 0.25) is 0 Å². The number of esters is 1. The SMILES string of the molecule is O=C(OCc1cc(=O)n2ccsc2n1)c1cccc(N2CCCC2=O)c1. The van der Waals surface area contributed by atoms with E-state index in [1.165, 1.54) is 21.8 Å². The van der Waals surface area contributed by atoms with Crippen molar-refractivity contribution in [2.24, 2.45) is 0 Å². The van der Waals surface area contributed by atoms with Crippen LogP contribution in [-0.2, 0) is 16.1 Å². The van der Waals surface area contributed by atoms with Gasteiger partial charge in [0.2, 0.25) is 5.91 Å². The number of thiazole rings is 1. The first kappa shape index (κ1) is 16.5. The van der Waals surface area contributed by atoms with E-state index >= 15 is 0 Å². The van der Waals surface area contributed by atoms with Gasteiger partial charge >= 0.3 is 5.97 Å². The molecule has 0 aliphatic carbocycles. The van der Waals surface area contributed by atoms with Crippen LogP contribution in [-0.4, -0.2) is 27.8 Å². The highest BCUT2D eigenvalue weighted by Crippen LogP contribution is 2.22. The van der Waals surface area contributed by atoms with Crippen molar-refractivity contribution < 1.29 is 14.3 Å². The summed E-state index contributed by atoms with van der Waals surface area (Å²) in [5.74, 6) is -0.462. The van der Waals surface area contributed by atoms with Crippen LogP contribution in [0.1, 0.15) is 28.9 Å². The van der Waals surface area contributed by atoms with E-state index in [-0.39, 0.29) is 18.1 Å². The van der Waals surface area contributed by atoms with Gasteiger partial charge in [0, 0.05) is 36.3 Å². The van der Waals surface area contributed by atoms with E-state index in [4.69, 9.17) is 4.74 Å². The zero-order chi connectivity index (χ0) is 18.1. The molecule has 0 unspecified atom stereocenters. The number of nitrogens with zero attached hydrogens (tertiary/aromatic N) is 3. The van der Waals surface area contributed by atoms with Gasteiger partial charge in [0.05, 0.1) is 11.3 Å². The highest BCUT2D eigenvalue weighted by Gasteiger charge is 2.22. The van der Waals surface area contributed by atoms with Crippen LogP contribution in [0.25, 0.3) is 4.96 Å². The molecule has 0 spiro atoms. The fourth-order valence-corrected chi connectivity index (χ4v) is 3.65. The molecule has 1 aliphatic heterocycles. The number of hydrogen-bond donors (Lipinski definition) is 0. The maximum Gasteiger partial charge on any atom is 0.338 e. The molecule has 4 rings (SSSR count). The summed E-state index contributed by atoms with van der Waals surface area (Å²) in [6.07, 6.45) is 3.00. The van der Waals surface area contributed by atoms with Gasteiger partial charge in [-0.05, 0) is 24.6 Å². The molecule has 2 aromatic heterocycles. The van der Waals surface area contributed by atoms with E-state index in [9.17, 15) is 14.4 Å². The molecule has 1 aromatic carbocycles.